The molecule has 34 heavy (non-hydrogen) atoms. The Labute approximate surface area is 205 Å². The fraction of sp³-hybridized carbons (Fsp3) is 0.640. The predicted octanol–water partition coefficient (Wildman–Crippen LogP) is 3.24. The summed E-state index contributed by atoms with van der Waals surface area (Å²) in [6.45, 7) is 8.86. The maximum atomic E-state index is 13.8. The second-order valence-electron chi connectivity index (χ2n) is 9.56. The monoisotopic (exact) mass is 490 g/mol. The van der Waals surface area contributed by atoms with Gasteiger partial charge < -0.3 is 23.8 Å². The van der Waals surface area contributed by atoms with Crippen molar-refractivity contribution in [2.75, 3.05) is 39.8 Å². The Morgan fingerprint density at radius 3 is 2.44 bits per heavy atom. The first-order chi connectivity index (χ1) is 16.2. The number of hydrogen-bond acceptors (Lipinski definition) is 6. The molecule has 0 radical (unpaired) electrons. The number of ether oxygens (including phenoxy) is 2. The summed E-state index contributed by atoms with van der Waals surface area (Å²) in [5, 5.41) is 1.02. The molecule has 1 amide bonds. The highest BCUT2D eigenvalue weighted by Crippen LogP contribution is 2.39. The molecule has 186 valence electrons. The lowest BCUT2D eigenvalue weighted by Gasteiger charge is -2.41. The van der Waals surface area contributed by atoms with Crippen molar-refractivity contribution >= 4 is 28.4 Å². The quantitative estimate of drug-likeness (QED) is 0.599. The van der Waals surface area contributed by atoms with E-state index in [0.717, 1.165) is 25.9 Å². The fourth-order valence-electron chi connectivity index (χ4n) is 5.29. The first-order valence-corrected chi connectivity index (χ1v) is 12.5. The Balaban J connectivity index is 1.81. The molecule has 0 aromatic carbocycles. The minimum atomic E-state index is -0.771. The van der Waals surface area contributed by atoms with Crippen LogP contribution in [0.2, 0.25) is 5.15 Å². The Morgan fingerprint density at radius 1 is 1.21 bits per heavy atom. The Morgan fingerprint density at radius 2 is 1.85 bits per heavy atom. The van der Waals surface area contributed by atoms with Crippen LogP contribution in [0.4, 0.5) is 0 Å². The van der Waals surface area contributed by atoms with E-state index in [1.54, 1.807) is 23.4 Å². The van der Waals surface area contributed by atoms with Crippen molar-refractivity contribution in [3.05, 3.63) is 32.8 Å². The van der Waals surface area contributed by atoms with Gasteiger partial charge in [-0.05, 0) is 52.6 Å². The molecule has 0 saturated carbocycles. The lowest BCUT2D eigenvalue weighted by atomic mass is 9.84. The van der Waals surface area contributed by atoms with Gasteiger partial charge in [0, 0.05) is 52.1 Å². The molecule has 0 atom stereocenters. The molecule has 2 fully saturated rings. The van der Waals surface area contributed by atoms with Crippen LogP contribution in [0.3, 0.4) is 0 Å². The Kier molecular flexibility index (Phi) is 7.22. The van der Waals surface area contributed by atoms with E-state index < -0.39 is 5.60 Å². The molecule has 2 aliphatic rings. The van der Waals surface area contributed by atoms with Crippen molar-refractivity contribution < 1.29 is 14.3 Å². The van der Waals surface area contributed by atoms with E-state index >= 15 is 0 Å². The summed E-state index contributed by atoms with van der Waals surface area (Å²) in [6, 6.07) is 1.84. The molecule has 0 unspecified atom stereocenters. The molecular formula is C25H35ClN4O4. The lowest BCUT2D eigenvalue weighted by Crippen LogP contribution is -2.48. The number of rotatable bonds is 5. The third-order valence-corrected chi connectivity index (χ3v) is 7.61. The maximum absolute atomic E-state index is 13.8. The van der Waals surface area contributed by atoms with Crippen LogP contribution in [-0.4, -0.2) is 71.2 Å². The molecule has 8 nitrogen and oxygen atoms in total. The average molecular weight is 491 g/mol. The molecule has 4 rings (SSSR count). The first-order valence-electron chi connectivity index (χ1n) is 12.1. The molecule has 2 aromatic heterocycles. The van der Waals surface area contributed by atoms with Gasteiger partial charge in [-0.15, -0.1) is 0 Å². The zero-order valence-corrected chi connectivity index (χ0v) is 21.6. The van der Waals surface area contributed by atoms with Gasteiger partial charge in [0.25, 0.3) is 5.56 Å². The molecule has 4 heterocycles. The topological polar surface area (TPSA) is 76.9 Å². The van der Waals surface area contributed by atoms with Crippen molar-refractivity contribution in [1.82, 2.24) is 19.4 Å². The third-order valence-electron chi connectivity index (χ3n) is 7.32. The molecule has 0 spiro atoms. The summed E-state index contributed by atoms with van der Waals surface area (Å²) in [6.07, 6.45) is 3.02. The Bertz CT molecular complexity index is 1130. The van der Waals surface area contributed by atoms with Gasteiger partial charge in [-0.1, -0.05) is 11.6 Å². The van der Waals surface area contributed by atoms with Gasteiger partial charge in [0.2, 0.25) is 5.91 Å². The third kappa shape index (κ3) is 4.55. The fourth-order valence-corrected chi connectivity index (χ4v) is 5.56. The van der Waals surface area contributed by atoms with Crippen LogP contribution in [0, 0.1) is 6.92 Å². The normalized spacial score (nSPS) is 19.5. The Hall–Kier alpha value is -2.16. The zero-order chi connectivity index (χ0) is 24.6. The molecule has 9 heteroatoms. The van der Waals surface area contributed by atoms with Gasteiger partial charge in [-0.2, -0.15) is 0 Å². The van der Waals surface area contributed by atoms with Crippen LogP contribution >= 0.6 is 11.6 Å². The average Bonchev–Trinajstić information content (AvgIpc) is 2.80. The van der Waals surface area contributed by atoms with Gasteiger partial charge >= 0.3 is 0 Å². The van der Waals surface area contributed by atoms with Gasteiger partial charge in [0.05, 0.1) is 16.8 Å². The molecule has 0 N–H and O–H groups in total. The summed E-state index contributed by atoms with van der Waals surface area (Å²) in [5.74, 6) is 0.659. The largest absolute Gasteiger partial charge is 0.486 e. The minimum absolute atomic E-state index is 0.0370. The number of hydrogen-bond donors (Lipinski definition) is 0. The van der Waals surface area contributed by atoms with Crippen LogP contribution in [-0.2, 0) is 22.2 Å². The van der Waals surface area contributed by atoms with E-state index in [1.165, 1.54) is 0 Å². The van der Waals surface area contributed by atoms with E-state index in [0.29, 0.717) is 65.6 Å². The van der Waals surface area contributed by atoms with E-state index in [4.69, 9.17) is 21.1 Å². The summed E-state index contributed by atoms with van der Waals surface area (Å²) in [5.41, 5.74) is 0.997. The zero-order valence-electron chi connectivity index (χ0n) is 20.8. The van der Waals surface area contributed by atoms with Crippen molar-refractivity contribution in [3.8, 4) is 5.75 Å². The maximum Gasteiger partial charge on any atom is 0.257 e. The highest BCUT2D eigenvalue weighted by atomic mass is 35.5. The van der Waals surface area contributed by atoms with Crippen LogP contribution in [0.15, 0.2) is 10.9 Å². The second kappa shape index (κ2) is 9.84. The smallest absolute Gasteiger partial charge is 0.257 e. The first kappa shape index (κ1) is 24.9. The van der Waals surface area contributed by atoms with Gasteiger partial charge in [0.15, 0.2) is 5.75 Å². The molecular weight excluding hydrogens is 456 g/mol. The van der Waals surface area contributed by atoms with Crippen LogP contribution in [0.25, 0.3) is 10.9 Å². The summed E-state index contributed by atoms with van der Waals surface area (Å²) in [4.78, 5) is 34.3. The van der Waals surface area contributed by atoms with Crippen molar-refractivity contribution in [2.24, 2.45) is 7.05 Å². The van der Waals surface area contributed by atoms with E-state index in [2.05, 4.69) is 16.9 Å². The van der Waals surface area contributed by atoms with Gasteiger partial charge in [0.1, 0.15) is 16.9 Å². The molecule has 0 aliphatic carbocycles. The summed E-state index contributed by atoms with van der Waals surface area (Å²) >= 11 is 6.64. The van der Waals surface area contributed by atoms with Crippen molar-refractivity contribution in [2.45, 2.75) is 58.2 Å². The van der Waals surface area contributed by atoms with Crippen molar-refractivity contribution in [1.29, 1.82) is 0 Å². The molecule has 0 bridgehead atoms. The number of nitrogens with zero attached hydrogens (tertiary/aromatic N) is 4. The number of halogens is 1. The predicted molar refractivity (Wildman–Crippen MR) is 133 cm³/mol. The number of aryl methyl sites for hydroxylation is 2. The minimum Gasteiger partial charge on any atom is -0.486 e. The number of pyridine rings is 2. The van der Waals surface area contributed by atoms with Crippen LogP contribution in [0.1, 0.15) is 50.8 Å². The molecule has 2 saturated heterocycles. The molecule has 2 aliphatic heterocycles. The number of fused-ring (bicyclic) bond motifs is 1. The standard InChI is InChI=1S/C25H35ClN4O4/c1-6-33-25(9-13-30(14-10-25)17(3)31)20-15-19-21(29(5)24(20)32)22(16(2)27-23(19)26)34-18-7-11-28(4)12-8-18/h15,18H,6-14H2,1-5H3. The lowest BCUT2D eigenvalue weighted by molar-refractivity contribution is -0.136. The summed E-state index contributed by atoms with van der Waals surface area (Å²) in [7, 11) is 3.87. The number of piperidine rings is 2. The number of carbonyl (C=O) groups is 1. The van der Waals surface area contributed by atoms with E-state index in [-0.39, 0.29) is 17.6 Å². The van der Waals surface area contributed by atoms with Crippen molar-refractivity contribution in [3.63, 3.8) is 0 Å². The number of aromatic nitrogens is 2. The highest BCUT2D eigenvalue weighted by Gasteiger charge is 2.40. The highest BCUT2D eigenvalue weighted by molar-refractivity contribution is 6.34. The van der Waals surface area contributed by atoms with Gasteiger partial charge in [-0.25, -0.2) is 4.98 Å². The van der Waals surface area contributed by atoms with E-state index in [9.17, 15) is 9.59 Å². The van der Waals surface area contributed by atoms with E-state index in [1.807, 2.05) is 19.9 Å². The van der Waals surface area contributed by atoms with Crippen LogP contribution < -0.4 is 10.3 Å². The number of likely N-dealkylation sites (tertiary alicyclic amines) is 2. The number of amides is 1. The van der Waals surface area contributed by atoms with Crippen LogP contribution in [0.5, 0.6) is 5.75 Å². The molecule has 2 aromatic rings. The number of carbonyl (C=O) groups excluding carboxylic acids is 1. The second-order valence-corrected chi connectivity index (χ2v) is 9.91. The van der Waals surface area contributed by atoms with Gasteiger partial charge in [-0.3, -0.25) is 9.59 Å². The SMILES string of the molecule is CCOC1(c2cc3c(Cl)nc(C)c(OC4CCN(C)CC4)c3n(C)c2=O)CCN(C(C)=O)CC1. The summed E-state index contributed by atoms with van der Waals surface area (Å²) < 4.78 is 14.3.